The fourth-order valence-electron chi connectivity index (χ4n) is 2.56. The van der Waals surface area contributed by atoms with Crippen LogP contribution in [0.15, 0.2) is 36.9 Å². The van der Waals surface area contributed by atoms with Gasteiger partial charge in [0, 0.05) is 0 Å². The Kier molecular flexibility index (Phi) is 6.98. The predicted molar refractivity (Wildman–Crippen MR) is 92.5 cm³/mol. The van der Waals surface area contributed by atoms with Crippen LogP contribution in [0.4, 0.5) is 0 Å². The van der Waals surface area contributed by atoms with Crippen molar-refractivity contribution >= 4 is 0 Å². The second kappa shape index (κ2) is 8.99. The average Bonchev–Trinajstić information content (AvgIpc) is 3.27. The molecule has 1 heterocycles. The van der Waals surface area contributed by atoms with Crippen molar-refractivity contribution in [1.29, 1.82) is 0 Å². The molecule has 0 radical (unpaired) electrons. The summed E-state index contributed by atoms with van der Waals surface area (Å²) in [7, 11) is 0. The molecule has 122 valence electrons. The summed E-state index contributed by atoms with van der Waals surface area (Å²) in [5.41, 5.74) is 1.34. The van der Waals surface area contributed by atoms with E-state index in [-0.39, 0.29) is 5.60 Å². The summed E-state index contributed by atoms with van der Waals surface area (Å²) >= 11 is 0. The lowest BCUT2D eigenvalue weighted by atomic mass is 10.0. The Morgan fingerprint density at radius 1 is 1.18 bits per heavy atom. The van der Waals surface area contributed by atoms with E-state index in [0.29, 0.717) is 6.61 Å². The minimum absolute atomic E-state index is 0.0401. The Hall–Kier alpha value is -1.28. The molecule has 0 N–H and O–H groups in total. The Morgan fingerprint density at radius 3 is 2.64 bits per heavy atom. The molecule has 0 bridgehead atoms. The topological polar surface area (TPSA) is 21.8 Å². The number of epoxide rings is 1. The van der Waals surface area contributed by atoms with Crippen LogP contribution >= 0.6 is 0 Å². The maximum atomic E-state index is 5.82. The highest BCUT2D eigenvalue weighted by molar-refractivity contribution is 5.28. The van der Waals surface area contributed by atoms with Crippen LogP contribution < -0.4 is 4.74 Å². The molecule has 1 saturated heterocycles. The molecule has 1 aromatic rings. The van der Waals surface area contributed by atoms with Gasteiger partial charge in [0.15, 0.2) is 0 Å². The normalized spacial score (nSPS) is 19.9. The van der Waals surface area contributed by atoms with E-state index in [2.05, 4.69) is 31.7 Å². The minimum atomic E-state index is -0.0401. The van der Waals surface area contributed by atoms with E-state index in [1.54, 1.807) is 0 Å². The molecule has 0 spiro atoms. The van der Waals surface area contributed by atoms with Crippen LogP contribution in [0.3, 0.4) is 0 Å². The smallest absolute Gasteiger partial charge is 0.123 e. The number of benzene rings is 1. The molecule has 22 heavy (non-hydrogen) atoms. The van der Waals surface area contributed by atoms with Crippen LogP contribution in [0.2, 0.25) is 0 Å². The lowest BCUT2D eigenvalue weighted by molar-refractivity contribution is 0.202. The standard InChI is InChI=1S/C20H30O2/c1-3-4-5-6-7-8-9-10-12-18-13-11-14-19(15-18)21-16-20(2)17-22-20/h3,11,13-15H,1,4-10,12,16-17H2,2H3. The van der Waals surface area contributed by atoms with E-state index >= 15 is 0 Å². The van der Waals surface area contributed by atoms with Crippen molar-refractivity contribution in [3.63, 3.8) is 0 Å². The number of hydrogen-bond acceptors (Lipinski definition) is 2. The van der Waals surface area contributed by atoms with E-state index in [1.165, 1.54) is 44.1 Å². The van der Waals surface area contributed by atoms with Gasteiger partial charge in [-0.3, -0.25) is 0 Å². The van der Waals surface area contributed by atoms with Gasteiger partial charge in [0.1, 0.15) is 18.0 Å². The van der Waals surface area contributed by atoms with Gasteiger partial charge < -0.3 is 9.47 Å². The first-order valence-corrected chi connectivity index (χ1v) is 8.68. The molecule has 2 nitrogen and oxygen atoms in total. The van der Waals surface area contributed by atoms with Gasteiger partial charge in [0.25, 0.3) is 0 Å². The van der Waals surface area contributed by atoms with Gasteiger partial charge in [-0.15, -0.1) is 6.58 Å². The zero-order valence-corrected chi connectivity index (χ0v) is 14.0. The van der Waals surface area contributed by atoms with E-state index < -0.39 is 0 Å². The van der Waals surface area contributed by atoms with Crippen molar-refractivity contribution in [2.75, 3.05) is 13.2 Å². The third-order valence-corrected chi connectivity index (χ3v) is 4.20. The number of aryl methyl sites for hydroxylation is 1. The molecule has 2 rings (SSSR count). The molecule has 0 saturated carbocycles. The summed E-state index contributed by atoms with van der Waals surface area (Å²) in [6.45, 7) is 7.32. The Morgan fingerprint density at radius 2 is 1.91 bits per heavy atom. The maximum Gasteiger partial charge on any atom is 0.123 e. The third-order valence-electron chi connectivity index (χ3n) is 4.20. The Labute approximate surface area is 135 Å². The van der Waals surface area contributed by atoms with Crippen LogP contribution in [-0.4, -0.2) is 18.8 Å². The van der Waals surface area contributed by atoms with Crippen molar-refractivity contribution in [2.45, 2.75) is 63.9 Å². The van der Waals surface area contributed by atoms with Crippen molar-refractivity contribution in [2.24, 2.45) is 0 Å². The van der Waals surface area contributed by atoms with Gasteiger partial charge in [-0.1, -0.05) is 43.9 Å². The number of hydrogen-bond donors (Lipinski definition) is 0. The van der Waals surface area contributed by atoms with Crippen LogP contribution in [0.5, 0.6) is 5.75 Å². The average molecular weight is 302 g/mol. The van der Waals surface area contributed by atoms with Gasteiger partial charge >= 0.3 is 0 Å². The number of unbranched alkanes of at least 4 members (excludes halogenated alkanes) is 6. The van der Waals surface area contributed by atoms with Gasteiger partial charge in [0.2, 0.25) is 0 Å². The van der Waals surface area contributed by atoms with E-state index in [0.717, 1.165) is 25.2 Å². The highest BCUT2D eigenvalue weighted by Gasteiger charge is 2.40. The second-order valence-corrected chi connectivity index (χ2v) is 6.62. The SMILES string of the molecule is C=CCCCCCCCCc1cccc(OCC2(C)CO2)c1. The molecule has 1 aromatic carbocycles. The molecule has 0 amide bonds. The molecular weight excluding hydrogens is 272 g/mol. The molecule has 1 unspecified atom stereocenters. The molecule has 0 aromatic heterocycles. The fraction of sp³-hybridized carbons (Fsp3) is 0.600. The van der Waals surface area contributed by atoms with Crippen molar-refractivity contribution in [1.82, 2.24) is 0 Å². The van der Waals surface area contributed by atoms with Crippen molar-refractivity contribution in [3.8, 4) is 5.75 Å². The fourth-order valence-corrected chi connectivity index (χ4v) is 2.56. The number of rotatable bonds is 12. The van der Waals surface area contributed by atoms with Gasteiger partial charge in [-0.2, -0.15) is 0 Å². The first-order chi connectivity index (χ1) is 10.7. The largest absolute Gasteiger partial charge is 0.490 e. The monoisotopic (exact) mass is 302 g/mol. The summed E-state index contributed by atoms with van der Waals surface area (Å²) in [6.07, 6.45) is 12.3. The third kappa shape index (κ3) is 6.65. The lowest BCUT2D eigenvalue weighted by Gasteiger charge is -2.10. The zero-order valence-electron chi connectivity index (χ0n) is 14.0. The first-order valence-electron chi connectivity index (χ1n) is 8.68. The van der Waals surface area contributed by atoms with Gasteiger partial charge in [-0.05, 0) is 50.3 Å². The van der Waals surface area contributed by atoms with E-state index in [9.17, 15) is 0 Å². The van der Waals surface area contributed by atoms with Crippen LogP contribution in [-0.2, 0) is 11.2 Å². The summed E-state index contributed by atoms with van der Waals surface area (Å²) in [4.78, 5) is 0. The molecule has 2 heteroatoms. The van der Waals surface area contributed by atoms with Crippen LogP contribution in [0.1, 0.15) is 57.4 Å². The molecule has 1 fully saturated rings. The lowest BCUT2D eigenvalue weighted by Crippen LogP contribution is -2.16. The summed E-state index contributed by atoms with van der Waals surface area (Å²) in [5, 5.41) is 0. The summed E-state index contributed by atoms with van der Waals surface area (Å²) in [5.74, 6) is 0.971. The quantitative estimate of drug-likeness (QED) is 0.296. The first kappa shape index (κ1) is 17.1. The van der Waals surface area contributed by atoms with E-state index in [1.807, 2.05) is 12.1 Å². The second-order valence-electron chi connectivity index (χ2n) is 6.62. The number of ether oxygens (including phenoxy) is 2. The van der Waals surface area contributed by atoms with Crippen LogP contribution in [0.25, 0.3) is 0 Å². The predicted octanol–water partition coefficient (Wildman–Crippen LogP) is 5.31. The zero-order chi connectivity index (χ0) is 15.7. The summed E-state index contributed by atoms with van der Waals surface area (Å²) in [6, 6.07) is 8.51. The van der Waals surface area contributed by atoms with Gasteiger partial charge in [0.05, 0.1) is 6.61 Å². The molecule has 1 aliphatic rings. The van der Waals surface area contributed by atoms with Crippen LogP contribution in [0, 0.1) is 0 Å². The highest BCUT2D eigenvalue weighted by Crippen LogP contribution is 2.27. The molecule has 1 atom stereocenters. The maximum absolute atomic E-state index is 5.82. The molecule has 1 aliphatic heterocycles. The Bertz CT molecular complexity index is 449. The molecular formula is C20H30O2. The summed E-state index contributed by atoms with van der Waals surface area (Å²) < 4.78 is 11.2. The molecule has 0 aliphatic carbocycles. The van der Waals surface area contributed by atoms with Gasteiger partial charge in [-0.25, -0.2) is 0 Å². The van der Waals surface area contributed by atoms with Crippen molar-refractivity contribution < 1.29 is 9.47 Å². The Balaban J connectivity index is 1.58. The van der Waals surface area contributed by atoms with E-state index in [4.69, 9.17) is 9.47 Å². The highest BCUT2D eigenvalue weighted by atomic mass is 16.6. The number of allylic oxidation sites excluding steroid dienone is 1. The minimum Gasteiger partial charge on any atom is -0.490 e. The van der Waals surface area contributed by atoms with Crippen molar-refractivity contribution in [3.05, 3.63) is 42.5 Å².